The standard InChI is InChI=1S/C13H11NO4/c15-12-4-5-13(16)14(12)9-2-3-10-11(8-9)18-7-1-6-17-10/h2-5,8H,1,6-7H2. The van der Waals surface area contributed by atoms with Gasteiger partial charge in [0.15, 0.2) is 11.5 Å². The summed E-state index contributed by atoms with van der Waals surface area (Å²) in [5.41, 5.74) is 0.499. The van der Waals surface area contributed by atoms with Gasteiger partial charge in [0.25, 0.3) is 11.8 Å². The van der Waals surface area contributed by atoms with Gasteiger partial charge in [0.1, 0.15) is 0 Å². The molecule has 3 rings (SSSR count). The van der Waals surface area contributed by atoms with Crippen molar-refractivity contribution in [1.29, 1.82) is 0 Å². The number of ether oxygens (including phenoxy) is 2. The minimum absolute atomic E-state index is 0.338. The average molecular weight is 245 g/mol. The molecule has 2 amide bonds. The number of nitrogens with zero attached hydrogens (tertiary/aromatic N) is 1. The number of anilines is 1. The van der Waals surface area contributed by atoms with Gasteiger partial charge in [0.2, 0.25) is 0 Å². The Hall–Kier alpha value is -2.30. The van der Waals surface area contributed by atoms with Crippen molar-refractivity contribution < 1.29 is 19.1 Å². The highest BCUT2D eigenvalue weighted by Crippen LogP contribution is 2.34. The first kappa shape index (κ1) is 10.8. The van der Waals surface area contributed by atoms with Crippen LogP contribution in [-0.2, 0) is 9.59 Å². The van der Waals surface area contributed by atoms with Gasteiger partial charge in [-0.3, -0.25) is 9.59 Å². The lowest BCUT2D eigenvalue weighted by Crippen LogP contribution is -2.29. The SMILES string of the molecule is O=C1C=CC(=O)N1c1ccc2c(c1)OCCCO2. The molecule has 0 saturated carbocycles. The molecular formula is C13H11NO4. The molecule has 5 nitrogen and oxygen atoms in total. The maximum absolute atomic E-state index is 11.6. The van der Waals surface area contributed by atoms with Gasteiger partial charge in [-0.1, -0.05) is 0 Å². The molecule has 2 aliphatic rings. The van der Waals surface area contributed by atoms with Crippen molar-refractivity contribution in [2.75, 3.05) is 18.1 Å². The zero-order valence-electron chi connectivity index (χ0n) is 9.59. The molecule has 2 aliphatic heterocycles. The fourth-order valence-corrected chi connectivity index (χ4v) is 1.95. The zero-order valence-corrected chi connectivity index (χ0v) is 9.59. The van der Waals surface area contributed by atoms with E-state index in [9.17, 15) is 9.59 Å². The van der Waals surface area contributed by atoms with Crippen molar-refractivity contribution in [2.45, 2.75) is 6.42 Å². The monoisotopic (exact) mass is 245 g/mol. The average Bonchev–Trinajstić information content (AvgIpc) is 2.59. The number of fused-ring (bicyclic) bond motifs is 1. The molecule has 0 unspecified atom stereocenters. The zero-order chi connectivity index (χ0) is 12.5. The number of imide groups is 1. The summed E-state index contributed by atoms with van der Waals surface area (Å²) in [6.45, 7) is 1.17. The summed E-state index contributed by atoms with van der Waals surface area (Å²) in [5.74, 6) is 0.532. The largest absolute Gasteiger partial charge is 0.490 e. The van der Waals surface area contributed by atoms with Crippen molar-refractivity contribution in [1.82, 2.24) is 0 Å². The third kappa shape index (κ3) is 1.73. The fourth-order valence-electron chi connectivity index (χ4n) is 1.95. The van der Waals surface area contributed by atoms with Gasteiger partial charge in [-0.25, -0.2) is 4.90 Å². The minimum atomic E-state index is -0.338. The summed E-state index contributed by atoms with van der Waals surface area (Å²) >= 11 is 0. The molecule has 0 aliphatic carbocycles. The Morgan fingerprint density at radius 2 is 1.61 bits per heavy atom. The van der Waals surface area contributed by atoms with E-state index in [1.807, 2.05) is 0 Å². The van der Waals surface area contributed by atoms with Crippen LogP contribution in [-0.4, -0.2) is 25.0 Å². The topological polar surface area (TPSA) is 55.8 Å². The third-order valence-corrected chi connectivity index (χ3v) is 2.80. The second-order valence-corrected chi connectivity index (χ2v) is 4.03. The van der Waals surface area contributed by atoms with Crippen LogP contribution in [0.2, 0.25) is 0 Å². The van der Waals surface area contributed by atoms with Crippen LogP contribution in [0.1, 0.15) is 6.42 Å². The van der Waals surface area contributed by atoms with E-state index in [1.165, 1.54) is 12.2 Å². The Kier molecular flexibility index (Phi) is 2.51. The fraction of sp³-hybridized carbons (Fsp3) is 0.231. The first-order chi connectivity index (χ1) is 8.75. The molecule has 0 saturated heterocycles. The Labute approximate surface area is 104 Å². The van der Waals surface area contributed by atoms with Crippen LogP contribution in [0.15, 0.2) is 30.4 Å². The Morgan fingerprint density at radius 1 is 0.944 bits per heavy atom. The predicted molar refractivity (Wildman–Crippen MR) is 63.7 cm³/mol. The second-order valence-electron chi connectivity index (χ2n) is 4.03. The van der Waals surface area contributed by atoms with Gasteiger partial charge >= 0.3 is 0 Å². The molecule has 0 atom stereocenters. The molecule has 92 valence electrons. The normalized spacial score (nSPS) is 18.1. The number of benzene rings is 1. The molecule has 0 radical (unpaired) electrons. The lowest BCUT2D eigenvalue weighted by molar-refractivity contribution is -0.119. The van der Waals surface area contributed by atoms with Crippen molar-refractivity contribution in [3.63, 3.8) is 0 Å². The van der Waals surface area contributed by atoms with Gasteiger partial charge in [-0.15, -0.1) is 0 Å². The predicted octanol–water partition coefficient (Wildman–Crippen LogP) is 1.28. The van der Waals surface area contributed by atoms with Gasteiger partial charge in [0.05, 0.1) is 18.9 Å². The third-order valence-electron chi connectivity index (χ3n) is 2.80. The van der Waals surface area contributed by atoms with E-state index in [0.717, 1.165) is 11.3 Å². The molecular weight excluding hydrogens is 234 g/mol. The van der Waals surface area contributed by atoms with Gasteiger partial charge in [0, 0.05) is 24.6 Å². The number of hydrogen-bond acceptors (Lipinski definition) is 4. The molecule has 0 fully saturated rings. The second kappa shape index (κ2) is 4.18. The number of hydrogen-bond donors (Lipinski definition) is 0. The molecule has 2 heterocycles. The lowest BCUT2D eigenvalue weighted by atomic mass is 10.2. The quantitative estimate of drug-likeness (QED) is 0.699. The molecule has 0 aromatic heterocycles. The van der Waals surface area contributed by atoms with Crippen LogP contribution in [0.4, 0.5) is 5.69 Å². The van der Waals surface area contributed by atoms with Crippen LogP contribution in [0.25, 0.3) is 0 Å². The minimum Gasteiger partial charge on any atom is -0.490 e. The van der Waals surface area contributed by atoms with Crippen LogP contribution in [0.3, 0.4) is 0 Å². The molecule has 1 aromatic rings. The van der Waals surface area contributed by atoms with Crippen molar-refractivity contribution in [3.05, 3.63) is 30.4 Å². The molecule has 1 aromatic carbocycles. The smallest absolute Gasteiger partial charge is 0.258 e. The Morgan fingerprint density at radius 3 is 2.33 bits per heavy atom. The van der Waals surface area contributed by atoms with E-state index in [0.29, 0.717) is 30.4 Å². The summed E-state index contributed by atoms with van der Waals surface area (Å²) in [4.78, 5) is 24.2. The van der Waals surface area contributed by atoms with E-state index in [4.69, 9.17) is 9.47 Å². The maximum Gasteiger partial charge on any atom is 0.258 e. The van der Waals surface area contributed by atoms with Gasteiger partial charge < -0.3 is 9.47 Å². The van der Waals surface area contributed by atoms with E-state index >= 15 is 0 Å². The summed E-state index contributed by atoms with van der Waals surface area (Å²) in [6, 6.07) is 5.05. The summed E-state index contributed by atoms with van der Waals surface area (Å²) < 4.78 is 11.0. The molecule has 0 bridgehead atoms. The molecule has 5 heteroatoms. The number of rotatable bonds is 1. The highest BCUT2D eigenvalue weighted by molar-refractivity contribution is 6.28. The summed E-state index contributed by atoms with van der Waals surface area (Å²) in [5, 5.41) is 0. The first-order valence-corrected chi connectivity index (χ1v) is 5.71. The van der Waals surface area contributed by atoms with Crippen molar-refractivity contribution in [3.8, 4) is 11.5 Å². The summed E-state index contributed by atoms with van der Waals surface area (Å²) in [7, 11) is 0. The van der Waals surface area contributed by atoms with Crippen LogP contribution < -0.4 is 14.4 Å². The number of carbonyl (C=O) groups is 2. The Bertz CT molecular complexity index is 532. The van der Waals surface area contributed by atoms with Crippen LogP contribution in [0, 0.1) is 0 Å². The van der Waals surface area contributed by atoms with Gasteiger partial charge in [-0.2, -0.15) is 0 Å². The molecule has 0 N–H and O–H groups in total. The highest BCUT2D eigenvalue weighted by atomic mass is 16.5. The maximum atomic E-state index is 11.6. The van der Waals surface area contributed by atoms with E-state index in [1.54, 1.807) is 18.2 Å². The van der Waals surface area contributed by atoms with E-state index in [-0.39, 0.29) is 11.8 Å². The van der Waals surface area contributed by atoms with Crippen molar-refractivity contribution in [2.24, 2.45) is 0 Å². The van der Waals surface area contributed by atoms with Crippen LogP contribution in [0.5, 0.6) is 11.5 Å². The first-order valence-electron chi connectivity index (χ1n) is 5.71. The molecule has 0 spiro atoms. The van der Waals surface area contributed by atoms with Crippen molar-refractivity contribution >= 4 is 17.5 Å². The Balaban J connectivity index is 1.97. The summed E-state index contributed by atoms with van der Waals surface area (Å²) in [6.07, 6.45) is 3.32. The molecule has 18 heavy (non-hydrogen) atoms. The van der Waals surface area contributed by atoms with E-state index < -0.39 is 0 Å². The number of amides is 2. The van der Waals surface area contributed by atoms with Crippen LogP contribution >= 0.6 is 0 Å². The van der Waals surface area contributed by atoms with Gasteiger partial charge in [-0.05, 0) is 12.1 Å². The highest BCUT2D eigenvalue weighted by Gasteiger charge is 2.26. The number of carbonyl (C=O) groups excluding carboxylic acids is 2. The lowest BCUT2D eigenvalue weighted by Gasteiger charge is -2.16. The van der Waals surface area contributed by atoms with E-state index in [2.05, 4.69) is 0 Å².